The molecule has 0 radical (unpaired) electrons. The van der Waals surface area contributed by atoms with Gasteiger partial charge in [0.2, 0.25) is 0 Å². The second-order valence-corrected chi connectivity index (χ2v) is 6.88. The minimum absolute atomic E-state index is 0.112. The minimum atomic E-state index is -0.777. The predicted octanol–water partition coefficient (Wildman–Crippen LogP) is 4.17. The van der Waals surface area contributed by atoms with E-state index >= 15 is 0 Å². The summed E-state index contributed by atoms with van der Waals surface area (Å²) in [6, 6.07) is 6.04. The van der Waals surface area contributed by atoms with Crippen molar-refractivity contribution in [3.8, 4) is 0 Å². The number of para-hydroxylation sites is 1. The van der Waals surface area contributed by atoms with Gasteiger partial charge in [0.1, 0.15) is 0 Å². The van der Waals surface area contributed by atoms with Crippen molar-refractivity contribution in [2.75, 3.05) is 0 Å². The summed E-state index contributed by atoms with van der Waals surface area (Å²) in [6.45, 7) is 8.17. The van der Waals surface area contributed by atoms with Crippen LogP contribution in [0.4, 0.5) is 0 Å². The Kier molecular flexibility index (Phi) is 3.63. The molecule has 19 heavy (non-hydrogen) atoms. The van der Waals surface area contributed by atoms with Gasteiger partial charge in [0.05, 0.1) is 21.6 Å². The zero-order valence-electron chi connectivity index (χ0n) is 11.7. The molecule has 0 spiro atoms. The Morgan fingerprint density at radius 3 is 2.68 bits per heavy atom. The lowest BCUT2D eigenvalue weighted by atomic mass is 9.81. The van der Waals surface area contributed by atoms with Crippen molar-refractivity contribution in [1.29, 1.82) is 0 Å². The summed E-state index contributed by atoms with van der Waals surface area (Å²) in [6.07, 6.45) is 0.112. The molecule has 0 atom stereocenters. The first-order valence-corrected chi connectivity index (χ1v) is 7.24. The zero-order valence-corrected chi connectivity index (χ0v) is 12.5. The smallest absolute Gasteiger partial charge is 0.304 e. The SMILES string of the molecule is CC(C)c1nc2c(C(C)(C)CC(=O)O)cccc2s1. The summed E-state index contributed by atoms with van der Waals surface area (Å²) in [4.78, 5) is 15.7. The van der Waals surface area contributed by atoms with Crippen LogP contribution in [0.15, 0.2) is 18.2 Å². The predicted molar refractivity (Wildman–Crippen MR) is 79.0 cm³/mol. The summed E-state index contributed by atoms with van der Waals surface area (Å²) < 4.78 is 1.14. The van der Waals surface area contributed by atoms with Crippen LogP contribution in [0.2, 0.25) is 0 Å². The first-order valence-electron chi connectivity index (χ1n) is 6.43. The highest BCUT2D eigenvalue weighted by atomic mass is 32.1. The number of carboxylic acids is 1. The van der Waals surface area contributed by atoms with E-state index in [9.17, 15) is 4.79 Å². The lowest BCUT2D eigenvalue weighted by Crippen LogP contribution is -2.22. The number of aliphatic carboxylic acids is 1. The van der Waals surface area contributed by atoms with Gasteiger partial charge in [-0.05, 0) is 11.6 Å². The molecule has 0 fully saturated rings. The number of aromatic nitrogens is 1. The molecule has 4 heteroatoms. The summed E-state index contributed by atoms with van der Waals surface area (Å²) >= 11 is 1.70. The van der Waals surface area contributed by atoms with Crippen molar-refractivity contribution in [3.63, 3.8) is 0 Å². The zero-order chi connectivity index (χ0) is 14.2. The Labute approximate surface area is 117 Å². The van der Waals surface area contributed by atoms with Crippen molar-refractivity contribution in [1.82, 2.24) is 4.98 Å². The van der Waals surface area contributed by atoms with Crippen LogP contribution >= 0.6 is 11.3 Å². The topological polar surface area (TPSA) is 50.2 Å². The van der Waals surface area contributed by atoms with E-state index in [1.54, 1.807) is 11.3 Å². The summed E-state index contributed by atoms with van der Waals surface area (Å²) in [5.41, 5.74) is 1.58. The third-order valence-electron chi connectivity index (χ3n) is 3.25. The Morgan fingerprint density at radius 1 is 1.42 bits per heavy atom. The number of benzene rings is 1. The van der Waals surface area contributed by atoms with Crippen LogP contribution in [0, 0.1) is 0 Å². The molecular formula is C15H19NO2S. The maximum atomic E-state index is 11.0. The second kappa shape index (κ2) is 4.93. The van der Waals surface area contributed by atoms with Crippen LogP contribution in [0.3, 0.4) is 0 Å². The molecule has 1 N–H and O–H groups in total. The van der Waals surface area contributed by atoms with Crippen LogP contribution in [0.1, 0.15) is 50.6 Å². The van der Waals surface area contributed by atoms with Crippen molar-refractivity contribution in [2.45, 2.75) is 45.4 Å². The molecule has 3 nitrogen and oxygen atoms in total. The van der Waals surface area contributed by atoms with Crippen molar-refractivity contribution in [2.24, 2.45) is 0 Å². The van der Waals surface area contributed by atoms with Gasteiger partial charge in [-0.2, -0.15) is 0 Å². The molecule has 0 unspecified atom stereocenters. The third kappa shape index (κ3) is 2.78. The van der Waals surface area contributed by atoms with Crippen LogP contribution in [-0.2, 0) is 10.2 Å². The molecule has 1 aromatic heterocycles. The van der Waals surface area contributed by atoms with E-state index in [0.29, 0.717) is 5.92 Å². The number of thiazole rings is 1. The van der Waals surface area contributed by atoms with E-state index in [1.165, 1.54) is 0 Å². The third-order valence-corrected chi connectivity index (χ3v) is 4.57. The van der Waals surface area contributed by atoms with Gasteiger partial charge in [-0.3, -0.25) is 4.79 Å². The fraction of sp³-hybridized carbons (Fsp3) is 0.467. The maximum absolute atomic E-state index is 11.0. The van der Waals surface area contributed by atoms with Gasteiger partial charge in [-0.1, -0.05) is 39.8 Å². The molecule has 1 aromatic carbocycles. The molecule has 0 aliphatic rings. The van der Waals surface area contributed by atoms with Gasteiger partial charge in [0.25, 0.3) is 0 Å². The monoisotopic (exact) mass is 277 g/mol. The summed E-state index contributed by atoms with van der Waals surface area (Å²) in [5.74, 6) is -0.380. The highest BCUT2D eigenvalue weighted by molar-refractivity contribution is 7.18. The first kappa shape index (κ1) is 14.0. The van der Waals surface area contributed by atoms with Gasteiger partial charge in [0, 0.05) is 11.3 Å². The lowest BCUT2D eigenvalue weighted by Gasteiger charge is -2.23. The minimum Gasteiger partial charge on any atom is -0.481 e. The number of carbonyl (C=O) groups is 1. The standard InChI is InChI=1S/C15H19NO2S/c1-9(2)14-16-13-10(6-5-7-11(13)19-14)15(3,4)8-12(17)18/h5-7,9H,8H2,1-4H3,(H,17,18). The van der Waals surface area contributed by atoms with E-state index < -0.39 is 11.4 Å². The Hall–Kier alpha value is -1.42. The Morgan fingerprint density at radius 2 is 2.11 bits per heavy atom. The highest BCUT2D eigenvalue weighted by Crippen LogP contribution is 2.36. The quantitative estimate of drug-likeness (QED) is 0.912. The van der Waals surface area contributed by atoms with Crippen LogP contribution in [0.25, 0.3) is 10.2 Å². The number of rotatable bonds is 4. The van der Waals surface area contributed by atoms with Crippen molar-refractivity contribution >= 4 is 27.5 Å². The van der Waals surface area contributed by atoms with Gasteiger partial charge >= 0.3 is 5.97 Å². The van der Waals surface area contributed by atoms with Crippen LogP contribution in [0.5, 0.6) is 0 Å². The van der Waals surface area contributed by atoms with E-state index in [4.69, 9.17) is 10.1 Å². The maximum Gasteiger partial charge on any atom is 0.304 e. The average molecular weight is 277 g/mol. The van der Waals surface area contributed by atoms with Crippen LogP contribution in [-0.4, -0.2) is 16.1 Å². The molecule has 102 valence electrons. The Bertz CT molecular complexity index is 614. The van der Waals surface area contributed by atoms with E-state index in [1.807, 2.05) is 26.0 Å². The Balaban J connectivity index is 2.57. The molecule has 0 saturated carbocycles. The molecule has 0 amide bonds. The summed E-state index contributed by atoms with van der Waals surface area (Å²) in [5, 5.41) is 10.2. The number of hydrogen-bond donors (Lipinski definition) is 1. The number of hydrogen-bond acceptors (Lipinski definition) is 3. The second-order valence-electron chi connectivity index (χ2n) is 5.81. The van der Waals surface area contributed by atoms with E-state index in [2.05, 4.69) is 19.9 Å². The number of carboxylic acid groups (broad SMARTS) is 1. The van der Waals surface area contributed by atoms with E-state index in [-0.39, 0.29) is 6.42 Å². The normalized spacial score (nSPS) is 12.3. The molecule has 0 bridgehead atoms. The lowest BCUT2D eigenvalue weighted by molar-refractivity contribution is -0.138. The molecule has 0 aliphatic carbocycles. The highest BCUT2D eigenvalue weighted by Gasteiger charge is 2.27. The molecule has 0 aliphatic heterocycles. The first-order chi connectivity index (χ1) is 8.81. The molecule has 0 saturated heterocycles. The van der Waals surface area contributed by atoms with Gasteiger partial charge in [0.15, 0.2) is 0 Å². The average Bonchev–Trinajstić information content (AvgIpc) is 2.70. The van der Waals surface area contributed by atoms with Crippen molar-refractivity contribution < 1.29 is 9.90 Å². The molecule has 1 heterocycles. The van der Waals surface area contributed by atoms with Crippen molar-refractivity contribution in [3.05, 3.63) is 28.8 Å². The molecular weight excluding hydrogens is 258 g/mol. The van der Waals surface area contributed by atoms with Gasteiger partial charge in [-0.25, -0.2) is 4.98 Å². The molecule has 2 rings (SSSR count). The summed E-state index contributed by atoms with van der Waals surface area (Å²) in [7, 11) is 0. The van der Waals surface area contributed by atoms with Gasteiger partial charge < -0.3 is 5.11 Å². The number of fused-ring (bicyclic) bond motifs is 1. The fourth-order valence-corrected chi connectivity index (χ4v) is 3.23. The fourth-order valence-electron chi connectivity index (χ4n) is 2.23. The number of nitrogens with zero attached hydrogens (tertiary/aromatic N) is 1. The van der Waals surface area contributed by atoms with E-state index in [0.717, 1.165) is 20.8 Å². The van der Waals surface area contributed by atoms with Crippen LogP contribution < -0.4 is 0 Å². The molecule has 2 aromatic rings. The van der Waals surface area contributed by atoms with Gasteiger partial charge in [-0.15, -0.1) is 11.3 Å². The largest absolute Gasteiger partial charge is 0.481 e.